The molecule has 0 saturated heterocycles. The number of nitrogens with zero attached hydrogens (tertiary/aromatic N) is 3. The summed E-state index contributed by atoms with van der Waals surface area (Å²) >= 11 is 0. The number of nitrogen functional groups attached to an aromatic ring is 1. The average Bonchev–Trinajstić information content (AvgIpc) is 2.64. The predicted octanol–water partition coefficient (Wildman–Crippen LogP) is 2.36. The van der Waals surface area contributed by atoms with E-state index in [1.54, 1.807) is 0 Å². The average molecular weight is 408 g/mol. The molecule has 0 bridgehead atoms. The molecule has 0 aromatic carbocycles. The number of fused-ring (bicyclic) bond motifs is 1. The van der Waals surface area contributed by atoms with E-state index in [2.05, 4.69) is 9.97 Å². The Labute approximate surface area is 161 Å². The highest BCUT2D eigenvalue weighted by Crippen LogP contribution is 2.33. The Kier molecular flexibility index (Phi) is 5.01. The lowest BCUT2D eigenvalue weighted by molar-refractivity contribution is -0.141. The van der Waals surface area contributed by atoms with E-state index in [9.17, 15) is 27.9 Å². The minimum atomic E-state index is -4.76. The quantitative estimate of drug-likeness (QED) is 0.638. The number of halogens is 3. The van der Waals surface area contributed by atoms with Crippen LogP contribution < -0.4 is 16.0 Å². The Morgan fingerprint density at radius 2 is 1.97 bits per heavy atom. The number of hydrogen-bond acceptors (Lipinski definition) is 7. The Hall–Kier alpha value is -3.47. The topological polar surface area (TPSA) is 120 Å². The summed E-state index contributed by atoms with van der Waals surface area (Å²) in [4.78, 5) is 31.9. The molecule has 11 heteroatoms. The number of aliphatic hydroxyl groups excluding tert-OH is 1. The first kappa shape index (κ1) is 20.3. The largest absolute Gasteiger partial charge is 0.433 e. The van der Waals surface area contributed by atoms with Crippen LogP contribution >= 0.6 is 0 Å². The van der Waals surface area contributed by atoms with Crippen molar-refractivity contribution in [3.63, 3.8) is 0 Å². The lowest BCUT2D eigenvalue weighted by Gasteiger charge is -2.16. The molecule has 0 saturated carbocycles. The molecule has 29 heavy (non-hydrogen) atoms. The second kappa shape index (κ2) is 7.17. The van der Waals surface area contributed by atoms with Gasteiger partial charge in [0.2, 0.25) is 5.75 Å². The summed E-state index contributed by atoms with van der Waals surface area (Å²) in [6, 6.07) is 4.51. The Bertz CT molecular complexity index is 1150. The van der Waals surface area contributed by atoms with Crippen molar-refractivity contribution in [3.05, 3.63) is 52.2 Å². The number of carbonyl (C=O) groups is 1. The van der Waals surface area contributed by atoms with Crippen molar-refractivity contribution >= 4 is 22.7 Å². The van der Waals surface area contributed by atoms with E-state index in [1.807, 2.05) is 0 Å². The molecule has 3 aromatic heterocycles. The maximum absolute atomic E-state index is 13.2. The number of anilines is 1. The number of ether oxygens (including phenoxy) is 1. The van der Waals surface area contributed by atoms with E-state index in [1.165, 1.54) is 25.3 Å². The number of rotatable bonds is 3. The normalized spacial score (nSPS) is 12.8. The molecular weight excluding hydrogens is 393 g/mol. The summed E-state index contributed by atoms with van der Waals surface area (Å²) in [7, 11) is 0. The van der Waals surface area contributed by atoms with Crippen LogP contribution in [0.25, 0.3) is 16.7 Å². The van der Waals surface area contributed by atoms with Crippen molar-refractivity contribution < 1.29 is 27.8 Å². The molecule has 0 radical (unpaired) electrons. The second-order valence-corrected chi connectivity index (χ2v) is 6.16. The summed E-state index contributed by atoms with van der Waals surface area (Å²) in [6.07, 6.45) is -4.47. The van der Waals surface area contributed by atoms with Gasteiger partial charge in [-0.25, -0.2) is 4.98 Å². The highest BCUT2D eigenvalue weighted by Gasteiger charge is 2.33. The first-order valence-corrected chi connectivity index (χ1v) is 8.26. The molecule has 0 aliphatic carbocycles. The number of alkyl halides is 3. The molecule has 0 fully saturated rings. The summed E-state index contributed by atoms with van der Waals surface area (Å²) in [5.41, 5.74) is 3.30. The van der Waals surface area contributed by atoms with Crippen molar-refractivity contribution in [2.45, 2.75) is 26.1 Å². The molecule has 0 spiro atoms. The summed E-state index contributed by atoms with van der Waals surface area (Å²) < 4.78 is 45.2. The first-order valence-electron chi connectivity index (χ1n) is 8.26. The number of hydrogen-bond donors (Lipinski definition) is 2. The van der Waals surface area contributed by atoms with Crippen LogP contribution in [0.2, 0.25) is 0 Å². The van der Waals surface area contributed by atoms with E-state index in [0.29, 0.717) is 6.07 Å². The van der Waals surface area contributed by atoms with Gasteiger partial charge >= 0.3 is 17.7 Å². The van der Waals surface area contributed by atoms with Crippen LogP contribution in [-0.4, -0.2) is 25.6 Å². The van der Waals surface area contributed by atoms with E-state index in [4.69, 9.17) is 10.5 Å². The zero-order valence-corrected chi connectivity index (χ0v) is 15.2. The van der Waals surface area contributed by atoms with Gasteiger partial charge in [-0.15, -0.1) is 0 Å². The summed E-state index contributed by atoms with van der Waals surface area (Å²) in [6.45, 7) is 2.53. The van der Waals surface area contributed by atoms with Gasteiger partial charge < -0.3 is 15.6 Å². The number of nitrogens with two attached hydrogens (primary N) is 1. The van der Waals surface area contributed by atoms with Gasteiger partial charge in [0.1, 0.15) is 11.3 Å². The third kappa shape index (κ3) is 3.76. The molecule has 0 amide bonds. The zero-order valence-electron chi connectivity index (χ0n) is 15.2. The summed E-state index contributed by atoms with van der Waals surface area (Å²) in [5, 5.41) is 9.55. The third-order valence-electron chi connectivity index (χ3n) is 4.01. The van der Waals surface area contributed by atoms with Gasteiger partial charge in [-0.1, -0.05) is 0 Å². The molecule has 3 N–H and O–H groups in total. The molecule has 152 valence electrons. The predicted molar refractivity (Wildman–Crippen MR) is 96.5 cm³/mol. The van der Waals surface area contributed by atoms with Gasteiger partial charge in [0.15, 0.2) is 0 Å². The van der Waals surface area contributed by atoms with Crippen LogP contribution in [0.5, 0.6) is 5.75 Å². The second-order valence-electron chi connectivity index (χ2n) is 6.16. The standard InChI is InChI=1S/C18H15F3N4O4/c1-8(26)12-5-3-10(7-23-12)25-16-11(4-6-13(24-16)18(19,20)21)14(22)15(17(25)28)29-9(2)27/h3-8,26H,22H2,1-2H3. The number of carbonyl (C=O) groups excluding carboxylic acids is 1. The van der Waals surface area contributed by atoms with Crippen LogP contribution in [-0.2, 0) is 11.0 Å². The number of aliphatic hydroxyl groups is 1. The molecule has 3 rings (SSSR count). The molecular formula is C18H15F3N4O4. The van der Waals surface area contributed by atoms with Gasteiger partial charge in [0.25, 0.3) is 0 Å². The van der Waals surface area contributed by atoms with Crippen molar-refractivity contribution in [1.29, 1.82) is 0 Å². The molecule has 1 unspecified atom stereocenters. The Balaban J connectivity index is 2.40. The van der Waals surface area contributed by atoms with E-state index < -0.39 is 35.3 Å². The van der Waals surface area contributed by atoms with Crippen molar-refractivity contribution in [2.24, 2.45) is 0 Å². The maximum Gasteiger partial charge on any atom is 0.433 e. The van der Waals surface area contributed by atoms with Crippen LogP contribution in [0.15, 0.2) is 35.3 Å². The zero-order chi connectivity index (χ0) is 21.5. The van der Waals surface area contributed by atoms with E-state index in [0.717, 1.165) is 17.6 Å². The fraction of sp³-hybridized carbons (Fsp3) is 0.222. The highest BCUT2D eigenvalue weighted by atomic mass is 19.4. The van der Waals surface area contributed by atoms with Crippen molar-refractivity contribution in [2.75, 3.05) is 5.73 Å². The van der Waals surface area contributed by atoms with Gasteiger partial charge in [0, 0.05) is 12.3 Å². The van der Waals surface area contributed by atoms with E-state index >= 15 is 0 Å². The number of pyridine rings is 3. The monoisotopic (exact) mass is 408 g/mol. The van der Waals surface area contributed by atoms with Crippen LogP contribution in [0.3, 0.4) is 0 Å². The van der Waals surface area contributed by atoms with Crippen molar-refractivity contribution in [1.82, 2.24) is 14.5 Å². The van der Waals surface area contributed by atoms with Crippen LogP contribution in [0.4, 0.5) is 18.9 Å². The lowest BCUT2D eigenvalue weighted by atomic mass is 10.2. The number of esters is 1. The maximum atomic E-state index is 13.2. The summed E-state index contributed by atoms with van der Waals surface area (Å²) in [5.74, 6) is -1.37. The molecule has 8 nitrogen and oxygen atoms in total. The molecule has 3 aromatic rings. The van der Waals surface area contributed by atoms with Gasteiger partial charge in [-0.05, 0) is 31.2 Å². The smallest absolute Gasteiger partial charge is 0.419 e. The number of aromatic nitrogens is 3. The lowest BCUT2D eigenvalue weighted by Crippen LogP contribution is -2.25. The Morgan fingerprint density at radius 3 is 2.48 bits per heavy atom. The minimum absolute atomic E-state index is 0.0200. The van der Waals surface area contributed by atoms with Crippen LogP contribution in [0.1, 0.15) is 31.3 Å². The third-order valence-corrected chi connectivity index (χ3v) is 4.01. The van der Waals surface area contributed by atoms with Gasteiger partial charge in [-0.2, -0.15) is 13.2 Å². The molecule has 0 aliphatic rings. The fourth-order valence-corrected chi connectivity index (χ4v) is 2.68. The van der Waals surface area contributed by atoms with Gasteiger partial charge in [-0.3, -0.25) is 19.1 Å². The van der Waals surface area contributed by atoms with Crippen LogP contribution in [0, 0.1) is 0 Å². The first-order chi connectivity index (χ1) is 13.5. The highest BCUT2D eigenvalue weighted by molar-refractivity contribution is 5.93. The molecule has 3 heterocycles. The van der Waals surface area contributed by atoms with Gasteiger partial charge in [0.05, 0.1) is 29.4 Å². The fourth-order valence-electron chi connectivity index (χ4n) is 2.68. The SMILES string of the molecule is CC(=O)Oc1c(N)c2ccc(C(F)(F)F)nc2n(-c2ccc(C(C)O)nc2)c1=O. The Morgan fingerprint density at radius 1 is 1.28 bits per heavy atom. The van der Waals surface area contributed by atoms with E-state index in [-0.39, 0.29) is 28.1 Å². The molecule has 0 aliphatic heterocycles. The molecule has 1 atom stereocenters. The minimum Gasteiger partial charge on any atom is -0.419 e. The van der Waals surface area contributed by atoms with Crippen molar-refractivity contribution in [3.8, 4) is 11.4 Å².